The van der Waals surface area contributed by atoms with Gasteiger partial charge in [0.05, 0.1) is 7.11 Å². The number of rotatable bonds is 3. The van der Waals surface area contributed by atoms with Crippen molar-refractivity contribution in [3.8, 4) is 0 Å². The molecule has 1 heterocycles. The summed E-state index contributed by atoms with van der Waals surface area (Å²) in [6.45, 7) is 3.05. The molecule has 1 aliphatic heterocycles. The van der Waals surface area contributed by atoms with Gasteiger partial charge in [0.1, 0.15) is 0 Å². The maximum absolute atomic E-state index is 11.0. The summed E-state index contributed by atoms with van der Waals surface area (Å²) >= 11 is 0. The molecule has 0 aromatic rings. The monoisotopic (exact) mass is 184 g/mol. The largest absolute Gasteiger partial charge is 0.469 e. The zero-order valence-electron chi connectivity index (χ0n) is 8.45. The van der Waals surface area contributed by atoms with E-state index in [0.29, 0.717) is 18.4 Å². The van der Waals surface area contributed by atoms with Gasteiger partial charge >= 0.3 is 5.97 Å². The van der Waals surface area contributed by atoms with E-state index in [1.54, 1.807) is 0 Å². The molecule has 0 N–H and O–H groups in total. The minimum Gasteiger partial charge on any atom is -0.469 e. The predicted octanol–water partition coefficient (Wildman–Crippen LogP) is 1.34. The summed E-state index contributed by atoms with van der Waals surface area (Å²) in [6, 6.07) is 0.382. The molecule has 1 saturated heterocycles. The highest BCUT2D eigenvalue weighted by Crippen LogP contribution is 2.19. The van der Waals surface area contributed by atoms with Gasteiger partial charge in [0.2, 0.25) is 0 Å². The first-order valence-electron chi connectivity index (χ1n) is 4.97. The molecule has 1 radical (unpaired) electrons. The maximum atomic E-state index is 11.0. The number of hydrogen-bond donors (Lipinski definition) is 0. The second-order valence-electron chi connectivity index (χ2n) is 3.73. The second-order valence-corrected chi connectivity index (χ2v) is 3.73. The van der Waals surface area contributed by atoms with Crippen LogP contribution in [0, 0.1) is 5.92 Å². The van der Waals surface area contributed by atoms with Crippen molar-refractivity contribution >= 4 is 5.97 Å². The Labute approximate surface area is 79.8 Å². The van der Waals surface area contributed by atoms with Crippen molar-refractivity contribution in [3.05, 3.63) is 0 Å². The Morgan fingerprint density at radius 2 is 2.38 bits per heavy atom. The van der Waals surface area contributed by atoms with Gasteiger partial charge in [-0.15, -0.1) is 0 Å². The lowest BCUT2D eigenvalue weighted by Gasteiger charge is -2.26. The quantitative estimate of drug-likeness (QED) is 0.621. The highest BCUT2D eigenvalue weighted by Gasteiger charge is 2.22. The molecule has 2 unspecified atom stereocenters. The Bertz CT molecular complexity index is 164. The van der Waals surface area contributed by atoms with E-state index in [9.17, 15) is 4.79 Å². The van der Waals surface area contributed by atoms with Crippen LogP contribution in [-0.4, -0.2) is 25.7 Å². The number of hydrogen-bond acceptors (Lipinski definition) is 2. The lowest BCUT2D eigenvalue weighted by Crippen LogP contribution is -2.34. The van der Waals surface area contributed by atoms with Crippen LogP contribution in [0.2, 0.25) is 0 Å². The van der Waals surface area contributed by atoms with Crippen LogP contribution < -0.4 is 5.32 Å². The van der Waals surface area contributed by atoms with E-state index in [0.717, 1.165) is 13.0 Å². The molecule has 75 valence electrons. The third-order valence-electron chi connectivity index (χ3n) is 2.64. The van der Waals surface area contributed by atoms with Crippen LogP contribution in [0.5, 0.6) is 0 Å². The molecule has 3 heteroatoms. The van der Waals surface area contributed by atoms with Crippen LogP contribution >= 0.6 is 0 Å². The van der Waals surface area contributed by atoms with Crippen molar-refractivity contribution in [2.24, 2.45) is 5.92 Å². The van der Waals surface area contributed by atoms with Crippen molar-refractivity contribution in [2.75, 3.05) is 13.7 Å². The standard InChI is InChI=1S/C10H18NO2/c1-8(7-10(12)13-2)9-5-3-4-6-11-9/h8-9H,3-7H2,1-2H3. The maximum Gasteiger partial charge on any atom is 0.305 e. The zero-order valence-corrected chi connectivity index (χ0v) is 8.45. The van der Waals surface area contributed by atoms with Crippen molar-refractivity contribution in [1.29, 1.82) is 0 Å². The number of esters is 1. The molecular formula is C10H18NO2. The second kappa shape index (κ2) is 5.22. The number of nitrogens with zero attached hydrogens (tertiary/aromatic N) is 1. The number of carbonyl (C=O) groups excluding carboxylic acids is 1. The van der Waals surface area contributed by atoms with Crippen molar-refractivity contribution in [2.45, 2.75) is 38.6 Å². The number of piperidine rings is 1. The minimum absolute atomic E-state index is 0.117. The topological polar surface area (TPSA) is 40.4 Å². The third-order valence-corrected chi connectivity index (χ3v) is 2.64. The molecule has 0 spiro atoms. The fourth-order valence-corrected chi connectivity index (χ4v) is 1.76. The molecule has 3 nitrogen and oxygen atoms in total. The molecule has 1 rings (SSSR count). The highest BCUT2D eigenvalue weighted by atomic mass is 16.5. The van der Waals surface area contributed by atoms with Crippen molar-refractivity contribution in [1.82, 2.24) is 5.32 Å². The Morgan fingerprint density at radius 3 is 2.92 bits per heavy atom. The molecule has 1 aliphatic rings. The number of carbonyl (C=O) groups is 1. The Morgan fingerprint density at radius 1 is 1.62 bits per heavy atom. The van der Waals surface area contributed by atoms with Gasteiger partial charge in [0.25, 0.3) is 0 Å². The van der Waals surface area contributed by atoms with Crippen LogP contribution in [0.3, 0.4) is 0 Å². The average Bonchev–Trinajstić information content (AvgIpc) is 2.19. The van der Waals surface area contributed by atoms with E-state index >= 15 is 0 Å². The molecule has 2 atom stereocenters. The van der Waals surface area contributed by atoms with E-state index in [2.05, 4.69) is 17.0 Å². The van der Waals surface area contributed by atoms with Gasteiger partial charge in [-0.25, -0.2) is 5.32 Å². The molecule has 13 heavy (non-hydrogen) atoms. The van der Waals surface area contributed by atoms with Gasteiger partial charge < -0.3 is 4.74 Å². The van der Waals surface area contributed by atoms with Crippen LogP contribution in [0.1, 0.15) is 32.6 Å². The average molecular weight is 184 g/mol. The smallest absolute Gasteiger partial charge is 0.305 e. The molecule has 0 aromatic carbocycles. The van der Waals surface area contributed by atoms with Gasteiger partial charge in [-0.1, -0.05) is 13.3 Å². The minimum atomic E-state index is -0.117. The molecule has 0 amide bonds. The Balaban J connectivity index is 2.28. The molecule has 0 saturated carbocycles. The van der Waals surface area contributed by atoms with Gasteiger partial charge in [-0.2, -0.15) is 0 Å². The number of ether oxygens (including phenoxy) is 1. The summed E-state index contributed by atoms with van der Waals surface area (Å²) in [6.07, 6.45) is 4.10. The van der Waals surface area contributed by atoms with E-state index < -0.39 is 0 Å². The van der Waals surface area contributed by atoms with E-state index in [1.165, 1.54) is 20.0 Å². The zero-order chi connectivity index (χ0) is 9.68. The van der Waals surface area contributed by atoms with Crippen LogP contribution in [0.4, 0.5) is 0 Å². The number of methoxy groups -OCH3 is 1. The van der Waals surface area contributed by atoms with Gasteiger partial charge in [-0.3, -0.25) is 4.79 Å². The lowest BCUT2D eigenvalue weighted by atomic mass is 9.91. The first-order valence-corrected chi connectivity index (χ1v) is 4.97. The summed E-state index contributed by atoms with van der Waals surface area (Å²) in [7, 11) is 1.44. The van der Waals surface area contributed by atoms with Crippen LogP contribution in [0.25, 0.3) is 0 Å². The molecule has 1 fully saturated rings. The van der Waals surface area contributed by atoms with Gasteiger partial charge in [0, 0.05) is 19.0 Å². The fraction of sp³-hybridized carbons (Fsp3) is 0.900. The highest BCUT2D eigenvalue weighted by molar-refractivity contribution is 5.69. The summed E-state index contributed by atoms with van der Waals surface area (Å²) in [5.41, 5.74) is 0. The summed E-state index contributed by atoms with van der Waals surface area (Å²) in [5.74, 6) is 0.223. The van der Waals surface area contributed by atoms with Gasteiger partial charge in [0.15, 0.2) is 0 Å². The third kappa shape index (κ3) is 3.35. The summed E-state index contributed by atoms with van der Waals surface area (Å²) < 4.78 is 4.63. The predicted molar refractivity (Wildman–Crippen MR) is 50.4 cm³/mol. The summed E-state index contributed by atoms with van der Waals surface area (Å²) in [5, 5.41) is 4.51. The Hall–Kier alpha value is -0.570. The first-order chi connectivity index (χ1) is 6.24. The Kier molecular flexibility index (Phi) is 4.22. The normalized spacial score (nSPS) is 25.2. The molecule has 0 aliphatic carbocycles. The van der Waals surface area contributed by atoms with Crippen molar-refractivity contribution in [3.63, 3.8) is 0 Å². The first kappa shape index (κ1) is 10.5. The van der Waals surface area contributed by atoms with Crippen molar-refractivity contribution < 1.29 is 9.53 Å². The molecular weight excluding hydrogens is 166 g/mol. The molecule has 0 aromatic heterocycles. The van der Waals surface area contributed by atoms with E-state index in [-0.39, 0.29) is 5.97 Å². The van der Waals surface area contributed by atoms with E-state index in [4.69, 9.17) is 0 Å². The van der Waals surface area contributed by atoms with Crippen LogP contribution in [-0.2, 0) is 9.53 Å². The van der Waals surface area contributed by atoms with Crippen LogP contribution in [0.15, 0.2) is 0 Å². The van der Waals surface area contributed by atoms with Gasteiger partial charge in [-0.05, 0) is 18.8 Å². The lowest BCUT2D eigenvalue weighted by molar-refractivity contribution is -0.141. The fourth-order valence-electron chi connectivity index (χ4n) is 1.76. The molecule has 0 bridgehead atoms. The SMILES string of the molecule is COC(=O)CC(C)C1CCCC[N]1. The van der Waals surface area contributed by atoms with E-state index in [1.807, 2.05) is 0 Å². The summed E-state index contributed by atoms with van der Waals surface area (Å²) in [4.78, 5) is 11.0.